The molecule has 0 aliphatic heterocycles. The summed E-state index contributed by atoms with van der Waals surface area (Å²) in [6, 6.07) is 6.30. The predicted molar refractivity (Wildman–Crippen MR) is 64.5 cm³/mol. The van der Waals surface area contributed by atoms with E-state index in [2.05, 4.69) is 4.98 Å². The van der Waals surface area contributed by atoms with Crippen LogP contribution in [-0.2, 0) is 9.05 Å². The second-order valence-corrected chi connectivity index (χ2v) is 6.17. The van der Waals surface area contributed by atoms with Gasteiger partial charge in [0.1, 0.15) is 11.5 Å². The fraction of sp³-hybridized carbons (Fsp3) is 0.182. The number of hydrogen-bond acceptors (Lipinski definition) is 4. The standard InChI is InChI=1S/C11H10ClNO3S/c1-7-11(13-8(2)16-7)9-4-3-5-10(6-9)17(12,14)15/h3-6H,1-2H3. The summed E-state index contributed by atoms with van der Waals surface area (Å²) in [6.45, 7) is 3.51. The largest absolute Gasteiger partial charge is 0.446 e. The van der Waals surface area contributed by atoms with E-state index >= 15 is 0 Å². The first-order chi connectivity index (χ1) is 7.88. The van der Waals surface area contributed by atoms with Crippen LogP contribution in [0, 0.1) is 13.8 Å². The fourth-order valence-corrected chi connectivity index (χ4v) is 2.39. The molecular formula is C11H10ClNO3S. The number of aryl methyl sites for hydroxylation is 2. The number of benzene rings is 1. The molecular weight excluding hydrogens is 262 g/mol. The summed E-state index contributed by atoms with van der Waals surface area (Å²) in [7, 11) is 1.57. The van der Waals surface area contributed by atoms with Crippen LogP contribution in [0.4, 0.5) is 0 Å². The summed E-state index contributed by atoms with van der Waals surface area (Å²) in [5, 5.41) is 0. The van der Waals surface area contributed by atoms with Crippen molar-refractivity contribution in [2.75, 3.05) is 0 Å². The molecule has 2 rings (SSSR count). The van der Waals surface area contributed by atoms with E-state index < -0.39 is 9.05 Å². The Morgan fingerprint density at radius 2 is 2.00 bits per heavy atom. The van der Waals surface area contributed by atoms with Crippen LogP contribution in [0.25, 0.3) is 11.3 Å². The first-order valence-electron chi connectivity index (χ1n) is 4.87. The van der Waals surface area contributed by atoms with Gasteiger partial charge in [-0.3, -0.25) is 0 Å². The second-order valence-electron chi connectivity index (χ2n) is 3.60. The summed E-state index contributed by atoms with van der Waals surface area (Å²) in [6.07, 6.45) is 0. The summed E-state index contributed by atoms with van der Waals surface area (Å²) in [5.74, 6) is 1.18. The van der Waals surface area contributed by atoms with Crippen LogP contribution in [0.5, 0.6) is 0 Å². The summed E-state index contributed by atoms with van der Waals surface area (Å²) in [5.41, 5.74) is 1.30. The smallest absolute Gasteiger partial charge is 0.261 e. The molecule has 17 heavy (non-hydrogen) atoms. The Hall–Kier alpha value is -1.33. The monoisotopic (exact) mass is 271 g/mol. The summed E-state index contributed by atoms with van der Waals surface area (Å²) < 4.78 is 27.8. The van der Waals surface area contributed by atoms with Crippen molar-refractivity contribution in [3.63, 3.8) is 0 Å². The number of nitrogens with zero attached hydrogens (tertiary/aromatic N) is 1. The van der Waals surface area contributed by atoms with Gasteiger partial charge in [-0.2, -0.15) is 0 Å². The first kappa shape index (κ1) is 12.1. The zero-order chi connectivity index (χ0) is 12.6. The maximum atomic E-state index is 11.2. The maximum absolute atomic E-state index is 11.2. The molecule has 0 radical (unpaired) electrons. The van der Waals surface area contributed by atoms with Gasteiger partial charge in [0.25, 0.3) is 9.05 Å². The third-order valence-electron chi connectivity index (χ3n) is 2.29. The lowest BCUT2D eigenvalue weighted by atomic mass is 10.1. The van der Waals surface area contributed by atoms with Gasteiger partial charge in [0.05, 0.1) is 4.90 Å². The number of halogens is 1. The number of hydrogen-bond donors (Lipinski definition) is 0. The molecule has 4 nitrogen and oxygen atoms in total. The molecule has 90 valence electrons. The zero-order valence-corrected chi connectivity index (χ0v) is 10.8. The van der Waals surface area contributed by atoms with Crippen molar-refractivity contribution in [3.8, 4) is 11.3 Å². The quantitative estimate of drug-likeness (QED) is 0.788. The van der Waals surface area contributed by atoms with E-state index in [9.17, 15) is 8.42 Å². The third-order valence-corrected chi connectivity index (χ3v) is 3.64. The molecule has 0 aliphatic carbocycles. The predicted octanol–water partition coefficient (Wildman–Crippen LogP) is 2.89. The van der Waals surface area contributed by atoms with E-state index in [1.807, 2.05) is 0 Å². The average molecular weight is 272 g/mol. The topological polar surface area (TPSA) is 60.2 Å². The molecule has 1 heterocycles. The Morgan fingerprint density at radius 3 is 2.53 bits per heavy atom. The molecule has 0 saturated carbocycles. The molecule has 0 N–H and O–H groups in total. The van der Waals surface area contributed by atoms with Gasteiger partial charge in [-0.05, 0) is 19.1 Å². The van der Waals surface area contributed by atoms with Gasteiger partial charge in [-0.1, -0.05) is 12.1 Å². The Bertz CT molecular complexity index is 661. The first-order valence-corrected chi connectivity index (χ1v) is 7.18. The van der Waals surface area contributed by atoms with E-state index in [0.29, 0.717) is 22.9 Å². The summed E-state index contributed by atoms with van der Waals surface area (Å²) in [4.78, 5) is 4.25. The van der Waals surface area contributed by atoms with Crippen LogP contribution < -0.4 is 0 Å². The van der Waals surface area contributed by atoms with Crippen LogP contribution in [0.2, 0.25) is 0 Å². The Balaban J connectivity index is 2.58. The highest BCUT2D eigenvalue weighted by Crippen LogP contribution is 2.26. The molecule has 1 aromatic carbocycles. The van der Waals surface area contributed by atoms with E-state index in [1.54, 1.807) is 26.0 Å². The van der Waals surface area contributed by atoms with Gasteiger partial charge in [0.15, 0.2) is 5.89 Å². The molecule has 0 saturated heterocycles. The molecule has 0 fully saturated rings. The molecule has 0 spiro atoms. The lowest BCUT2D eigenvalue weighted by Crippen LogP contribution is -1.91. The van der Waals surface area contributed by atoms with Gasteiger partial charge in [-0.25, -0.2) is 13.4 Å². The molecule has 0 atom stereocenters. The highest BCUT2D eigenvalue weighted by atomic mass is 35.7. The number of aromatic nitrogens is 1. The lowest BCUT2D eigenvalue weighted by Gasteiger charge is -2.00. The summed E-state index contributed by atoms with van der Waals surface area (Å²) >= 11 is 0. The van der Waals surface area contributed by atoms with Crippen LogP contribution >= 0.6 is 10.7 Å². The molecule has 1 aromatic heterocycles. The molecule has 0 aliphatic rings. The Kier molecular flexibility index (Phi) is 2.97. The number of rotatable bonds is 2. The van der Waals surface area contributed by atoms with Crippen LogP contribution in [-0.4, -0.2) is 13.4 Å². The van der Waals surface area contributed by atoms with Crippen molar-refractivity contribution >= 4 is 19.7 Å². The molecule has 2 aromatic rings. The lowest BCUT2D eigenvalue weighted by molar-refractivity contribution is 0.495. The minimum Gasteiger partial charge on any atom is -0.446 e. The average Bonchev–Trinajstić information content (AvgIpc) is 2.57. The van der Waals surface area contributed by atoms with Gasteiger partial charge in [0.2, 0.25) is 0 Å². The van der Waals surface area contributed by atoms with Crippen molar-refractivity contribution < 1.29 is 12.8 Å². The Labute approximate surface area is 104 Å². The SMILES string of the molecule is Cc1nc(-c2cccc(S(=O)(=O)Cl)c2)c(C)o1. The Morgan fingerprint density at radius 1 is 1.29 bits per heavy atom. The minimum atomic E-state index is -3.73. The third kappa shape index (κ3) is 2.50. The van der Waals surface area contributed by atoms with Gasteiger partial charge < -0.3 is 4.42 Å². The zero-order valence-electron chi connectivity index (χ0n) is 9.27. The highest BCUT2D eigenvalue weighted by Gasteiger charge is 2.14. The molecule has 6 heteroatoms. The maximum Gasteiger partial charge on any atom is 0.261 e. The van der Waals surface area contributed by atoms with E-state index in [4.69, 9.17) is 15.1 Å². The number of oxazole rings is 1. The van der Waals surface area contributed by atoms with E-state index in [1.165, 1.54) is 12.1 Å². The second kappa shape index (κ2) is 4.16. The van der Waals surface area contributed by atoms with Gasteiger partial charge in [-0.15, -0.1) is 0 Å². The molecule has 0 amide bonds. The van der Waals surface area contributed by atoms with Gasteiger partial charge in [0, 0.05) is 23.2 Å². The highest BCUT2D eigenvalue weighted by molar-refractivity contribution is 8.13. The van der Waals surface area contributed by atoms with Crippen LogP contribution in [0.3, 0.4) is 0 Å². The van der Waals surface area contributed by atoms with Crippen molar-refractivity contribution in [1.82, 2.24) is 4.98 Å². The fourth-order valence-electron chi connectivity index (χ4n) is 1.59. The van der Waals surface area contributed by atoms with Crippen LogP contribution in [0.15, 0.2) is 33.6 Å². The molecule has 0 bridgehead atoms. The minimum absolute atomic E-state index is 0.0525. The van der Waals surface area contributed by atoms with E-state index in [-0.39, 0.29) is 4.90 Å². The van der Waals surface area contributed by atoms with Crippen molar-refractivity contribution in [3.05, 3.63) is 35.9 Å². The normalized spacial score (nSPS) is 11.7. The van der Waals surface area contributed by atoms with E-state index in [0.717, 1.165) is 0 Å². The van der Waals surface area contributed by atoms with Crippen molar-refractivity contribution in [1.29, 1.82) is 0 Å². The van der Waals surface area contributed by atoms with Gasteiger partial charge >= 0.3 is 0 Å². The van der Waals surface area contributed by atoms with Crippen molar-refractivity contribution in [2.45, 2.75) is 18.7 Å². The molecule has 0 unspecified atom stereocenters. The van der Waals surface area contributed by atoms with Crippen LogP contribution in [0.1, 0.15) is 11.7 Å². The van der Waals surface area contributed by atoms with Crippen molar-refractivity contribution in [2.24, 2.45) is 0 Å².